The Bertz CT molecular complexity index is 634. The van der Waals surface area contributed by atoms with Crippen LogP contribution in [0.2, 0.25) is 0 Å². The molecule has 0 aromatic heterocycles. The van der Waals surface area contributed by atoms with E-state index in [0.29, 0.717) is 17.5 Å². The topological polar surface area (TPSA) is 102 Å². The fourth-order valence-corrected chi connectivity index (χ4v) is 4.14. The molecule has 0 radical (unpaired) electrons. The highest BCUT2D eigenvalue weighted by Gasteiger charge is 2.25. The molecule has 0 aliphatic heterocycles. The average molecular weight is 385 g/mol. The van der Waals surface area contributed by atoms with Crippen molar-refractivity contribution in [3.8, 4) is 0 Å². The van der Waals surface area contributed by atoms with Gasteiger partial charge in [0.1, 0.15) is 6.04 Å². The number of carboxylic acids is 1. The third-order valence-electron chi connectivity index (χ3n) is 3.55. The van der Waals surface area contributed by atoms with Gasteiger partial charge in [-0.1, -0.05) is 26.0 Å². The Labute approximate surface area is 154 Å². The summed E-state index contributed by atoms with van der Waals surface area (Å²) in [7, 11) is -3.21. The maximum Gasteiger partial charge on any atom is 0.335 e. The van der Waals surface area contributed by atoms with Gasteiger partial charge in [0.05, 0.1) is 19.4 Å². The van der Waals surface area contributed by atoms with Crippen LogP contribution in [0.15, 0.2) is 24.3 Å². The van der Waals surface area contributed by atoms with Crippen molar-refractivity contribution < 1.29 is 28.3 Å². The van der Waals surface area contributed by atoms with Gasteiger partial charge in [0.25, 0.3) is 5.91 Å². The lowest BCUT2D eigenvalue weighted by atomic mass is 10.0. The Hall–Kier alpha value is -1.69. The molecule has 0 aliphatic carbocycles. The molecule has 1 aromatic carbocycles. The van der Waals surface area contributed by atoms with Gasteiger partial charge in [0.15, 0.2) is 0 Å². The van der Waals surface area contributed by atoms with E-state index in [-0.39, 0.29) is 25.3 Å². The zero-order chi connectivity index (χ0) is 19.7. The predicted octanol–water partition coefficient (Wildman–Crippen LogP) is 3.68. The molecule has 0 aliphatic rings. The minimum absolute atomic E-state index is 0.113. The van der Waals surface area contributed by atoms with Gasteiger partial charge in [0, 0.05) is 5.56 Å². The first kappa shape index (κ1) is 22.4. The first-order valence-corrected chi connectivity index (χ1v) is 10.4. The van der Waals surface area contributed by atoms with Crippen molar-refractivity contribution in [2.24, 2.45) is 5.92 Å². The van der Waals surface area contributed by atoms with Gasteiger partial charge in [-0.3, -0.25) is 9.36 Å². The van der Waals surface area contributed by atoms with Gasteiger partial charge in [-0.2, -0.15) is 0 Å². The number of benzene rings is 1. The summed E-state index contributed by atoms with van der Waals surface area (Å²) in [5.74, 6) is -1.37. The van der Waals surface area contributed by atoms with Crippen molar-refractivity contribution in [1.29, 1.82) is 0 Å². The quantitative estimate of drug-likeness (QED) is 0.564. The van der Waals surface area contributed by atoms with E-state index in [0.717, 1.165) is 0 Å². The molecule has 26 heavy (non-hydrogen) atoms. The molecule has 0 unspecified atom stereocenters. The van der Waals surface area contributed by atoms with E-state index in [1.54, 1.807) is 38.1 Å². The first-order valence-electron chi connectivity index (χ1n) is 8.71. The summed E-state index contributed by atoms with van der Waals surface area (Å²) in [6.07, 6.45) is 0.465. The van der Waals surface area contributed by atoms with Crippen molar-refractivity contribution in [1.82, 2.24) is 5.32 Å². The molecule has 0 bridgehead atoms. The van der Waals surface area contributed by atoms with Crippen LogP contribution in [0.4, 0.5) is 0 Å². The Morgan fingerprint density at radius 3 is 2.08 bits per heavy atom. The Balaban J connectivity index is 2.81. The molecule has 0 saturated carbocycles. The molecular weight excluding hydrogens is 357 g/mol. The number of hydrogen-bond donors (Lipinski definition) is 2. The molecule has 146 valence electrons. The summed E-state index contributed by atoms with van der Waals surface area (Å²) < 4.78 is 23.0. The average Bonchev–Trinajstić information content (AvgIpc) is 2.54. The van der Waals surface area contributed by atoms with E-state index in [1.165, 1.54) is 0 Å². The van der Waals surface area contributed by atoms with Gasteiger partial charge < -0.3 is 19.5 Å². The van der Waals surface area contributed by atoms with Crippen LogP contribution in [-0.4, -0.2) is 36.2 Å². The van der Waals surface area contributed by atoms with E-state index >= 15 is 0 Å². The van der Waals surface area contributed by atoms with Crippen molar-refractivity contribution in [3.63, 3.8) is 0 Å². The lowest BCUT2D eigenvalue weighted by Gasteiger charge is -2.18. The number of amides is 1. The number of rotatable bonds is 11. The van der Waals surface area contributed by atoms with Crippen LogP contribution >= 0.6 is 7.60 Å². The standard InChI is InChI=1S/C18H28NO6P/c1-5-24-26(23,25-6-2)12-14-7-9-15(10-8-14)17(20)19-16(18(21)22)11-13(3)4/h7-10,13,16H,5-6,11-12H2,1-4H3,(H,19,20)(H,21,22)/t16-/m1/s1. The molecule has 1 rings (SSSR count). The number of carboxylic acid groups (broad SMARTS) is 1. The minimum Gasteiger partial charge on any atom is -0.480 e. The van der Waals surface area contributed by atoms with Crippen LogP contribution in [0.5, 0.6) is 0 Å². The molecule has 0 heterocycles. The lowest BCUT2D eigenvalue weighted by molar-refractivity contribution is -0.139. The number of carbonyl (C=O) groups is 2. The number of aliphatic carboxylic acids is 1. The normalized spacial score (nSPS) is 12.8. The molecule has 0 saturated heterocycles. The van der Waals surface area contributed by atoms with Crippen LogP contribution in [0.3, 0.4) is 0 Å². The Morgan fingerprint density at radius 1 is 1.12 bits per heavy atom. The highest BCUT2D eigenvalue weighted by molar-refractivity contribution is 7.53. The first-order chi connectivity index (χ1) is 12.2. The summed E-state index contributed by atoms with van der Waals surface area (Å²) >= 11 is 0. The predicted molar refractivity (Wildman–Crippen MR) is 99.3 cm³/mol. The maximum atomic E-state index is 12.5. The van der Waals surface area contributed by atoms with Gasteiger partial charge >= 0.3 is 13.6 Å². The van der Waals surface area contributed by atoms with Gasteiger partial charge in [-0.25, -0.2) is 4.79 Å². The van der Waals surface area contributed by atoms with Crippen molar-refractivity contribution >= 4 is 19.5 Å². The van der Waals surface area contributed by atoms with Crippen LogP contribution in [-0.2, 0) is 24.6 Å². The third-order valence-corrected chi connectivity index (χ3v) is 5.61. The van der Waals surface area contributed by atoms with Crippen molar-refractivity contribution in [3.05, 3.63) is 35.4 Å². The van der Waals surface area contributed by atoms with Gasteiger partial charge in [-0.15, -0.1) is 0 Å². The molecule has 1 amide bonds. The molecule has 2 N–H and O–H groups in total. The summed E-state index contributed by atoms with van der Waals surface area (Å²) in [5.41, 5.74) is 1.05. The second-order valence-corrected chi connectivity index (χ2v) is 8.35. The number of hydrogen-bond acceptors (Lipinski definition) is 5. The van der Waals surface area contributed by atoms with Crippen LogP contribution in [0.1, 0.15) is 50.0 Å². The van der Waals surface area contributed by atoms with Crippen LogP contribution in [0.25, 0.3) is 0 Å². The SMILES string of the molecule is CCOP(=O)(Cc1ccc(C(=O)N[C@H](CC(C)C)C(=O)O)cc1)OCC. The zero-order valence-corrected chi connectivity index (χ0v) is 16.6. The summed E-state index contributed by atoms with van der Waals surface area (Å²) in [6, 6.07) is 5.54. The summed E-state index contributed by atoms with van der Waals surface area (Å²) in [4.78, 5) is 23.5. The van der Waals surface area contributed by atoms with Crippen molar-refractivity contribution in [2.75, 3.05) is 13.2 Å². The molecule has 1 aromatic rings. The van der Waals surface area contributed by atoms with Crippen LogP contribution < -0.4 is 5.32 Å². The van der Waals surface area contributed by atoms with Gasteiger partial charge in [-0.05, 0) is 43.9 Å². The van der Waals surface area contributed by atoms with E-state index in [4.69, 9.17) is 9.05 Å². The van der Waals surface area contributed by atoms with E-state index < -0.39 is 25.5 Å². The summed E-state index contributed by atoms with van der Waals surface area (Å²) in [6.45, 7) is 7.84. The molecule has 8 heteroatoms. The monoisotopic (exact) mass is 385 g/mol. The fraction of sp³-hybridized carbons (Fsp3) is 0.556. The Morgan fingerprint density at radius 2 is 1.65 bits per heavy atom. The fourth-order valence-electron chi connectivity index (χ4n) is 2.44. The zero-order valence-electron chi connectivity index (χ0n) is 15.7. The minimum atomic E-state index is -3.21. The van der Waals surface area contributed by atoms with E-state index in [1.807, 2.05) is 13.8 Å². The molecular formula is C18H28NO6P. The van der Waals surface area contributed by atoms with Crippen LogP contribution in [0, 0.1) is 5.92 Å². The lowest BCUT2D eigenvalue weighted by Crippen LogP contribution is -2.41. The van der Waals surface area contributed by atoms with E-state index in [2.05, 4.69) is 5.32 Å². The molecule has 0 fully saturated rings. The molecule has 0 spiro atoms. The highest BCUT2D eigenvalue weighted by Crippen LogP contribution is 2.51. The second-order valence-electron chi connectivity index (χ2n) is 6.30. The molecule has 7 nitrogen and oxygen atoms in total. The number of nitrogens with one attached hydrogen (secondary N) is 1. The second kappa shape index (κ2) is 10.5. The number of carbonyl (C=O) groups excluding carboxylic acids is 1. The van der Waals surface area contributed by atoms with Crippen molar-refractivity contribution in [2.45, 2.75) is 46.3 Å². The summed E-state index contributed by atoms with van der Waals surface area (Å²) in [5, 5.41) is 11.7. The third kappa shape index (κ3) is 7.28. The maximum absolute atomic E-state index is 12.5. The smallest absolute Gasteiger partial charge is 0.335 e. The highest BCUT2D eigenvalue weighted by atomic mass is 31.2. The van der Waals surface area contributed by atoms with Gasteiger partial charge in [0.2, 0.25) is 0 Å². The molecule has 1 atom stereocenters. The largest absolute Gasteiger partial charge is 0.480 e. The Kier molecular flexibility index (Phi) is 8.99. The van der Waals surface area contributed by atoms with E-state index in [9.17, 15) is 19.3 Å².